The summed E-state index contributed by atoms with van der Waals surface area (Å²) >= 11 is 0. The maximum absolute atomic E-state index is 13.0. The summed E-state index contributed by atoms with van der Waals surface area (Å²) in [7, 11) is 0. The summed E-state index contributed by atoms with van der Waals surface area (Å²) in [5.74, 6) is -1.16. The molecule has 2 saturated carbocycles. The van der Waals surface area contributed by atoms with Gasteiger partial charge in [-0.3, -0.25) is 24.8 Å². The van der Waals surface area contributed by atoms with Crippen LogP contribution in [-0.4, -0.2) is 35.0 Å². The first-order valence-corrected chi connectivity index (χ1v) is 9.81. The molecule has 0 spiro atoms. The second-order valence-electron chi connectivity index (χ2n) is 8.00. The number of carbonyl (C=O) groups excluding carboxylic acids is 3. The summed E-state index contributed by atoms with van der Waals surface area (Å²) in [6.07, 6.45) is 5.53. The average Bonchev–Trinajstić information content (AvgIpc) is 3.31. The van der Waals surface area contributed by atoms with Crippen molar-refractivity contribution in [3.8, 4) is 0 Å². The summed E-state index contributed by atoms with van der Waals surface area (Å²) in [6, 6.07) is 12.9. The third-order valence-electron chi connectivity index (χ3n) is 6.40. The van der Waals surface area contributed by atoms with Crippen LogP contribution in [0.3, 0.4) is 0 Å². The number of imide groups is 2. The lowest BCUT2D eigenvalue weighted by Gasteiger charge is -2.36. The molecule has 2 bridgehead atoms. The van der Waals surface area contributed by atoms with E-state index >= 15 is 0 Å². The fourth-order valence-electron chi connectivity index (χ4n) is 5.05. The SMILES string of the molecule is O=C1NC(=O)N([C@H]2C[C@H]3CC[C@H]2C3)C(=O)[C@H]1C=Nc1cccc2ccccc12. The zero-order valence-electron chi connectivity index (χ0n) is 15.4. The van der Waals surface area contributed by atoms with Crippen LogP contribution in [0.2, 0.25) is 0 Å². The first-order chi connectivity index (χ1) is 13.6. The highest BCUT2D eigenvalue weighted by molar-refractivity contribution is 6.23. The number of barbiturate groups is 1. The van der Waals surface area contributed by atoms with Crippen LogP contribution in [0.15, 0.2) is 47.5 Å². The van der Waals surface area contributed by atoms with E-state index in [0.717, 1.165) is 30.0 Å². The maximum Gasteiger partial charge on any atom is 0.331 e. The number of carbonyl (C=O) groups is 3. The van der Waals surface area contributed by atoms with Crippen molar-refractivity contribution in [1.82, 2.24) is 10.2 Å². The van der Waals surface area contributed by atoms with Crippen LogP contribution in [0, 0.1) is 17.8 Å². The Morgan fingerprint density at radius 2 is 1.82 bits per heavy atom. The zero-order valence-corrected chi connectivity index (χ0v) is 15.4. The minimum absolute atomic E-state index is 0.0900. The molecule has 0 radical (unpaired) electrons. The van der Waals surface area contributed by atoms with Crippen LogP contribution in [0.25, 0.3) is 10.8 Å². The number of nitrogens with zero attached hydrogens (tertiary/aromatic N) is 2. The summed E-state index contributed by atoms with van der Waals surface area (Å²) in [5.41, 5.74) is 0.696. The number of benzene rings is 2. The summed E-state index contributed by atoms with van der Waals surface area (Å²) in [4.78, 5) is 43.5. The van der Waals surface area contributed by atoms with Gasteiger partial charge in [-0.1, -0.05) is 42.8 Å². The molecule has 2 aliphatic carbocycles. The Kier molecular flexibility index (Phi) is 4.00. The van der Waals surface area contributed by atoms with E-state index < -0.39 is 23.8 Å². The van der Waals surface area contributed by atoms with Gasteiger partial charge in [0, 0.05) is 17.6 Å². The Balaban J connectivity index is 1.44. The van der Waals surface area contributed by atoms with E-state index in [-0.39, 0.29) is 6.04 Å². The minimum atomic E-state index is -1.07. The van der Waals surface area contributed by atoms with Gasteiger partial charge in [0.2, 0.25) is 11.8 Å². The second-order valence-corrected chi connectivity index (χ2v) is 8.00. The van der Waals surface area contributed by atoms with Crippen LogP contribution in [-0.2, 0) is 9.59 Å². The lowest BCUT2D eigenvalue weighted by atomic mass is 9.92. The van der Waals surface area contributed by atoms with E-state index in [9.17, 15) is 14.4 Å². The van der Waals surface area contributed by atoms with Crippen molar-refractivity contribution in [2.75, 3.05) is 0 Å². The Bertz CT molecular complexity index is 1010. The van der Waals surface area contributed by atoms with Crippen LogP contribution in [0.4, 0.5) is 10.5 Å². The summed E-state index contributed by atoms with van der Waals surface area (Å²) in [5, 5.41) is 4.34. The Morgan fingerprint density at radius 3 is 2.61 bits per heavy atom. The largest absolute Gasteiger partial charge is 0.331 e. The molecule has 3 aliphatic rings. The standard InChI is InChI=1S/C22H21N3O3/c26-20-17(12-23-18-7-3-5-14-4-1-2-6-16(14)18)21(27)25(22(28)24-20)19-11-13-8-9-15(19)10-13/h1-7,12-13,15,17,19H,8-11H2,(H,24,26,28)/t13-,15-,17-,19-/m0/s1. The van der Waals surface area contributed by atoms with Crippen LogP contribution in [0.5, 0.6) is 0 Å². The smallest absolute Gasteiger partial charge is 0.277 e. The molecule has 28 heavy (non-hydrogen) atoms. The number of hydrogen-bond donors (Lipinski definition) is 1. The molecule has 4 amide bonds. The molecule has 1 saturated heterocycles. The second kappa shape index (κ2) is 6.55. The van der Waals surface area contributed by atoms with Gasteiger partial charge in [0.05, 0.1) is 5.69 Å². The van der Waals surface area contributed by atoms with Gasteiger partial charge in [-0.25, -0.2) is 4.79 Å². The third-order valence-corrected chi connectivity index (χ3v) is 6.40. The molecule has 0 aromatic heterocycles. The van der Waals surface area contributed by atoms with E-state index in [1.807, 2.05) is 42.5 Å². The first-order valence-electron chi connectivity index (χ1n) is 9.81. The number of aliphatic imine (C=N–C) groups is 1. The molecule has 1 aliphatic heterocycles. The molecule has 0 unspecified atom stereocenters. The van der Waals surface area contributed by atoms with Gasteiger partial charge in [-0.15, -0.1) is 0 Å². The molecule has 4 atom stereocenters. The number of hydrogen-bond acceptors (Lipinski definition) is 4. The highest BCUT2D eigenvalue weighted by Crippen LogP contribution is 2.47. The molecule has 2 aromatic rings. The normalized spacial score (nSPS) is 29.9. The van der Waals surface area contributed by atoms with E-state index in [0.29, 0.717) is 17.5 Å². The van der Waals surface area contributed by atoms with Gasteiger partial charge < -0.3 is 0 Å². The Morgan fingerprint density at radius 1 is 1.00 bits per heavy atom. The lowest BCUT2D eigenvalue weighted by molar-refractivity contribution is -0.141. The molecule has 3 fully saturated rings. The van der Waals surface area contributed by atoms with Gasteiger partial charge in [0.25, 0.3) is 0 Å². The molecule has 6 nitrogen and oxygen atoms in total. The quantitative estimate of drug-likeness (QED) is 0.659. The van der Waals surface area contributed by atoms with Crippen molar-refractivity contribution >= 4 is 40.5 Å². The molecule has 5 rings (SSSR count). The average molecular weight is 375 g/mol. The number of rotatable bonds is 3. The van der Waals surface area contributed by atoms with Crippen LogP contribution >= 0.6 is 0 Å². The Labute approximate surface area is 162 Å². The van der Waals surface area contributed by atoms with Gasteiger partial charge >= 0.3 is 6.03 Å². The fraction of sp³-hybridized carbons (Fsp3) is 0.364. The van der Waals surface area contributed by atoms with E-state index in [4.69, 9.17) is 0 Å². The summed E-state index contributed by atoms with van der Waals surface area (Å²) < 4.78 is 0. The highest BCUT2D eigenvalue weighted by atomic mass is 16.2. The van der Waals surface area contributed by atoms with Crippen LogP contribution < -0.4 is 5.32 Å². The van der Waals surface area contributed by atoms with Crippen molar-refractivity contribution in [1.29, 1.82) is 0 Å². The Hall–Kier alpha value is -3.02. The topological polar surface area (TPSA) is 78.8 Å². The molecule has 6 heteroatoms. The summed E-state index contributed by atoms with van der Waals surface area (Å²) in [6.45, 7) is 0. The van der Waals surface area contributed by atoms with Crippen molar-refractivity contribution in [2.24, 2.45) is 22.7 Å². The minimum Gasteiger partial charge on any atom is -0.277 e. The molecule has 1 N–H and O–H groups in total. The van der Waals surface area contributed by atoms with E-state index in [1.165, 1.54) is 17.5 Å². The molecular formula is C22H21N3O3. The number of nitrogens with one attached hydrogen (secondary N) is 1. The predicted octanol–water partition coefficient (Wildman–Crippen LogP) is 3.43. The fourth-order valence-corrected chi connectivity index (χ4v) is 5.05. The van der Waals surface area contributed by atoms with Crippen molar-refractivity contribution < 1.29 is 14.4 Å². The zero-order chi connectivity index (χ0) is 19.3. The van der Waals surface area contributed by atoms with Gasteiger partial charge in [-0.05, 0) is 42.6 Å². The van der Waals surface area contributed by atoms with Crippen LogP contribution in [0.1, 0.15) is 25.7 Å². The molecule has 1 heterocycles. The van der Waals surface area contributed by atoms with E-state index in [2.05, 4.69) is 10.3 Å². The lowest BCUT2D eigenvalue weighted by Crippen LogP contribution is -2.62. The number of fused-ring (bicyclic) bond motifs is 3. The maximum atomic E-state index is 13.0. The highest BCUT2D eigenvalue weighted by Gasteiger charge is 2.50. The van der Waals surface area contributed by atoms with Gasteiger partial charge in [0.15, 0.2) is 5.92 Å². The number of amides is 4. The van der Waals surface area contributed by atoms with Crippen molar-refractivity contribution in [3.63, 3.8) is 0 Å². The number of urea groups is 1. The van der Waals surface area contributed by atoms with Crippen molar-refractivity contribution in [3.05, 3.63) is 42.5 Å². The molecular weight excluding hydrogens is 354 g/mol. The third kappa shape index (κ3) is 2.71. The monoisotopic (exact) mass is 375 g/mol. The molecule has 142 valence electrons. The van der Waals surface area contributed by atoms with Gasteiger partial charge in [-0.2, -0.15) is 0 Å². The van der Waals surface area contributed by atoms with E-state index in [1.54, 1.807) is 0 Å². The molecule has 2 aromatic carbocycles. The first kappa shape index (κ1) is 17.1. The predicted molar refractivity (Wildman–Crippen MR) is 105 cm³/mol. The van der Waals surface area contributed by atoms with Crippen molar-refractivity contribution in [2.45, 2.75) is 31.7 Å². The van der Waals surface area contributed by atoms with Gasteiger partial charge in [0.1, 0.15) is 0 Å².